The third-order valence-corrected chi connectivity index (χ3v) is 5.23. The summed E-state index contributed by atoms with van der Waals surface area (Å²) in [4.78, 5) is 25.3. The quantitative estimate of drug-likeness (QED) is 0.753. The molecule has 1 atom stereocenters. The lowest BCUT2D eigenvalue weighted by molar-refractivity contribution is -0.117. The van der Waals surface area contributed by atoms with Crippen LogP contribution in [0.25, 0.3) is 0 Å². The van der Waals surface area contributed by atoms with Crippen molar-refractivity contribution in [3.8, 4) is 0 Å². The highest BCUT2D eigenvalue weighted by molar-refractivity contribution is 8.00. The molecule has 1 fully saturated rings. The summed E-state index contributed by atoms with van der Waals surface area (Å²) >= 11 is 1.48. The fraction of sp³-hybridized carbons (Fsp3) is 0.300. The van der Waals surface area contributed by atoms with Gasteiger partial charge in [-0.05, 0) is 56.5 Å². The maximum absolute atomic E-state index is 12.4. The number of carbonyl (C=O) groups excluding carboxylic acids is 2. The fourth-order valence-corrected chi connectivity index (χ4v) is 3.37. The maximum atomic E-state index is 12.4. The maximum Gasteiger partial charge on any atom is 0.237 e. The van der Waals surface area contributed by atoms with E-state index in [1.54, 1.807) is 0 Å². The number of hydrogen-bond acceptors (Lipinski definition) is 3. The molecule has 0 radical (unpaired) electrons. The molecule has 2 amide bonds. The Morgan fingerprint density at radius 2 is 1.84 bits per heavy atom. The second kappa shape index (κ2) is 7.74. The summed E-state index contributed by atoms with van der Waals surface area (Å²) in [5.41, 5.74) is 2.66. The average molecular weight is 354 g/mol. The topological polar surface area (TPSA) is 58.2 Å². The monoisotopic (exact) mass is 354 g/mol. The van der Waals surface area contributed by atoms with Crippen LogP contribution in [0.15, 0.2) is 53.4 Å². The van der Waals surface area contributed by atoms with Crippen molar-refractivity contribution < 1.29 is 9.59 Å². The van der Waals surface area contributed by atoms with Crippen molar-refractivity contribution in [2.24, 2.45) is 5.92 Å². The van der Waals surface area contributed by atoms with E-state index in [0.717, 1.165) is 34.7 Å². The van der Waals surface area contributed by atoms with Crippen LogP contribution >= 0.6 is 11.8 Å². The molecule has 0 aromatic heterocycles. The van der Waals surface area contributed by atoms with E-state index in [9.17, 15) is 9.59 Å². The summed E-state index contributed by atoms with van der Waals surface area (Å²) in [6.45, 7) is 3.85. The van der Waals surface area contributed by atoms with Gasteiger partial charge in [0.1, 0.15) is 0 Å². The Morgan fingerprint density at radius 3 is 2.56 bits per heavy atom. The molecule has 0 aliphatic heterocycles. The van der Waals surface area contributed by atoms with Crippen LogP contribution in [-0.4, -0.2) is 17.1 Å². The van der Waals surface area contributed by atoms with Crippen molar-refractivity contribution in [1.82, 2.24) is 0 Å². The molecular formula is C20H22N2O2S. The summed E-state index contributed by atoms with van der Waals surface area (Å²) in [5.74, 6) is 0.231. The van der Waals surface area contributed by atoms with Gasteiger partial charge in [-0.2, -0.15) is 0 Å². The lowest BCUT2D eigenvalue weighted by Crippen LogP contribution is -2.22. The number of para-hydroxylation sites is 1. The highest BCUT2D eigenvalue weighted by Crippen LogP contribution is 2.31. The first-order chi connectivity index (χ1) is 12.0. The van der Waals surface area contributed by atoms with Gasteiger partial charge in [0, 0.05) is 22.2 Å². The van der Waals surface area contributed by atoms with E-state index in [1.165, 1.54) is 11.8 Å². The van der Waals surface area contributed by atoms with Crippen molar-refractivity contribution >= 4 is 35.0 Å². The number of rotatable bonds is 6. The minimum Gasteiger partial charge on any atom is -0.326 e. The third kappa shape index (κ3) is 4.86. The Labute approximate surface area is 152 Å². The van der Waals surface area contributed by atoms with E-state index in [1.807, 2.05) is 62.4 Å². The predicted molar refractivity (Wildman–Crippen MR) is 103 cm³/mol. The van der Waals surface area contributed by atoms with E-state index < -0.39 is 0 Å². The van der Waals surface area contributed by atoms with Crippen LogP contribution in [0.1, 0.15) is 25.3 Å². The minimum absolute atomic E-state index is 0.0354. The molecule has 0 saturated heterocycles. The van der Waals surface area contributed by atoms with Gasteiger partial charge in [-0.15, -0.1) is 11.8 Å². The summed E-state index contributed by atoms with van der Waals surface area (Å²) in [6.07, 6.45) is 1.97. The van der Waals surface area contributed by atoms with Crippen molar-refractivity contribution in [3.63, 3.8) is 0 Å². The predicted octanol–water partition coefficient (Wildman–Crippen LogP) is 4.46. The molecule has 130 valence electrons. The number of anilines is 2. The molecule has 2 N–H and O–H groups in total. The standard InChI is InChI=1S/C20H22N2O2S/c1-13-6-3-4-9-18(13)22-19(23)14(2)25-17-8-5-7-16(12-17)21-20(24)15-10-11-15/h3-9,12,14-15H,10-11H2,1-2H3,(H,21,24)(H,22,23). The van der Waals surface area contributed by atoms with E-state index >= 15 is 0 Å². The zero-order chi connectivity index (χ0) is 17.8. The van der Waals surface area contributed by atoms with E-state index in [-0.39, 0.29) is 23.0 Å². The fourth-order valence-electron chi connectivity index (χ4n) is 2.44. The average Bonchev–Trinajstić information content (AvgIpc) is 3.42. The SMILES string of the molecule is Cc1ccccc1NC(=O)C(C)Sc1cccc(NC(=O)C2CC2)c1. The lowest BCUT2D eigenvalue weighted by Gasteiger charge is -2.14. The molecule has 1 aliphatic rings. The van der Waals surface area contributed by atoms with Gasteiger partial charge in [-0.25, -0.2) is 0 Å². The van der Waals surface area contributed by atoms with E-state index in [4.69, 9.17) is 0 Å². The molecule has 1 aliphatic carbocycles. The Kier molecular flexibility index (Phi) is 5.43. The molecule has 0 bridgehead atoms. The van der Waals surface area contributed by atoms with Crippen molar-refractivity contribution in [3.05, 3.63) is 54.1 Å². The second-order valence-electron chi connectivity index (χ2n) is 6.36. The first-order valence-electron chi connectivity index (χ1n) is 8.47. The Morgan fingerprint density at radius 1 is 1.08 bits per heavy atom. The van der Waals surface area contributed by atoms with Crippen LogP contribution in [0.5, 0.6) is 0 Å². The number of carbonyl (C=O) groups is 2. The van der Waals surface area contributed by atoms with Gasteiger partial charge in [-0.3, -0.25) is 9.59 Å². The van der Waals surface area contributed by atoms with Crippen LogP contribution < -0.4 is 10.6 Å². The third-order valence-electron chi connectivity index (χ3n) is 4.13. The first-order valence-corrected chi connectivity index (χ1v) is 9.35. The lowest BCUT2D eigenvalue weighted by atomic mass is 10.2. The van der Waals surface area contributed by atoms with E-state index in [0.29, 0.717) is 0 Å². The summed E-state index contributed by atoms with van der Waals surface area (Å²) < 4.78 is 0. The van der Waals surface area contributed by atoms with Gasteiger partial charge in [0.05, 0.1) is 5.25 Å². The van der Waals surface area contributed by atoms with Crippen LogP contribution in [0, 0.1) is 12.8 Å². The Hall–Kier alpha value is -2.27. The zero-order valence-corrected chi connectivity index (χ0v) is 15.2. The van der Waals surface area contributed by atoms with Crippen molar-refractivity contribution in [1.29, 1.82) is 0 Å². The van der Waals surface area contributed by atoms with Crippen LogP contribution in [0.3, 0.4) is 0 Å². The van der Waals surface area contributed by atoms with Gasteiger partial charge in [0.2, 0.25) is 11.8 Å². The number of amides is 2. The molecule has 4 nitrogen and oxygen atoms in total. The number of aryl methyl sites for hydroxylation is 1. The van der Waals surface area contributed by atoms with Crippen molar-refractivity contribution in [2.75, 3.05) is 10.6 Å². The molecule has 25 heavy (non-hydrogen) atoms. The van der Waals surface area contributed by atoms with Crippen LogP contribution in [0.2, 0.25) is 0 Å². The minimum atomic E-state index is -0.242. The van der Waals surface area contributed by atoms with Gasteiger partial charge in [0.25, 0.3) is 0 Å². The highest BCUT2D eigenvalue weighted by Gasteiger charge is 2.29. The van der Waals surface area contributed by atoms with Gasteiger partial charge < -0.3 is 10.6 Å². The highest BCUT2D eigenvalue weighted by atomic mass is 32.2. The normalized spacial score (nSPS) is 14.6. The molecule has 1 unspecified atom stereocenters. The molecular weight excluding hydrogens is 332 g/mol. The number of nitrogens with one attached hydrogen (secondary N) is 2. The molecule has 0 spiro atoms. The second-order valence-corrected chi connectivity index (χ2v) is 7.77. The molecule has 2 aromatic carbocycles. The number of thioether (sulfide) groups is 1. The molecule has 3 rings (SSSR count). The Balaban J connectivity index is 1.60. The molecule has 1 saturated carbocycles. The smallest absolute Gasteiger partial charge is 0.237 e. The molecule has 2 aromatic rings. The molecule has 5 heteroatoms. The zero-order valence-electron chi connectivity index (χ0n) is 14.4. The number of hydrogen-bond donors (Lipinski definition) is 2. The van der Waals surface area contributed by atoms with E-state index in [2.05, 4.69) is 10.6 Å². The summed E-state index contributed by atoms with van der Waals surface area (Å²) in [6, 6.07) is 15.4. The summed E-state index contributed by atoms with van der Waals surface area (Å²) in [5, 5.41) is 5.67. The van der Waals surface area contributed by atoms with Gasteiger partial charge in [-0.1, -0.05) is 24.3 Å². The number of benzene rings is 2. The van der Waals surface area contributed by atoms with Crippen molar-refractivity contribution in [2.45, 2.75) is 36.8 Å². The first kappa shape index (κ1) is 17.5. The van der Waals surface area contributed by atoms with Crippen LogP contribution in [-0.2, 0) is 9.59 Å². The largest absolute Gasteiger partial charge is 0.326 e. The van der Waals surface area contributed by atoms with Gasteiger partial charge >= 0.3 is 0 Å². The Bertz CT molecular complexity index is 787. The van der Waals surface area contributed by atoms with Crippen LogP contribution in [0.4, 0.5) is 11.4 Å². The molecule has 0 heterocycles. The van der Waals surface area contributed by atoms with Gasteiger partial charge in [0.15, 0.2) is 0 Å². The summed E-state index contributed by atoms with van der Waals surface area (Å²) in [7, 11) is 0.